The molecule has 1 nitrogen and oxygen atoms in total. The van der Waals surface area contributed by atoms with Crippen molar-refractivity contribution in [3.63, 3.8) is 0 Å². The lowest BCUT2D eigenvalue weighted by Crippen LogP contribution is -1.91. The summed E-state index contributed by atoms with van der Waals surface area (Å²) in [5.41, 5.74) is 0. The predicted octanol–water partition coefficient (Wildman–Crippen LogP) is 1.73. The highest BCUT2D eigenvalue weighted by molar-refractivity contribution is 4.74. The Labute approximate surface area is 43.4 Å². The zero-order valence-electron chi connectivity index (χ0n) is 4.69. The van der Waals surface area contributed by atoms with Crippen LogP contribution in [-0.4, -0.2) is 12.2 Å². The van der Waals surface area contributed by atoms with Crippen LogP contribution in [0.1, 0.15) is 13.3 Å². The monoisotopic (exact) mass is 103 g/mol. The molecule has 0 saturated carbocycles. The fourth-order valence-electron chi connectivity index (χ4n) is 0.251. The van der Waals surface area contributed by atoms with Gasteiger partial charge in [0.2, 0.25) is 0 Å². The summed E-state index contributed by atoms with van der Waals surface area (Å²) in [6.45, 7) is 1.96. The Morgan fingerprint density at radius 1 is 1.71 bits per heavy atom. The minimum atomic E-state index is 0.531. The van der Waals surface area contributed by atoms with Gasteiger partial charge in [-0.15, -0.1) is 4.48 Å². The summed E-state index contributed by atoms with van der Waals surface area (Å²) in [7, 11) is 1.35. The molecule has 0 N–H and O–H groups in total. The van der Waals surface area contributed by atoms with Gasteiger partial charge >= 0.3 is 0 Å². The van der Waals surface area contributed by atoms with E-state index in [0.717, 1.165) is 6.42 Å². The van der Waals surface area contributed by atoms with E-state index in [4.69, 9.17) is 0 Å². The summed E-state index contributed by atoms with van der Waals surface area (Å²) in [6.07, 6.45) is 4.02. The quantitative estimate of drug-likeness (QED) is 0.481. The van der Waals surface area contributed by atoms with Crippen LogP contribution < -0.4 is 0 Å². The van der Waals surface area contributed by atoms with Gasteiger partial charge in [0.25, 0.3) is 0 Å². The van der Waals surface area contributed by atoms with Crippen LogP contribution in [-0.2, 0) is 0 Å². The Bertz CT molecular complexity index is 59.1. The van der Waals surface area contributed by atoms with Gasteiger partial charge in [-0.25, -0.2) is 5.12 Å². The molecular weight excluding hydrogens is 93.1 g/mol. The summed E-state index contributed by atoms with van der Waals surface area (Å²) in [6, 6.07) is 0. The first-order valence-electron chi connectivity index (χ1n) is 2.32. The fourth-order valence-corrected chi connectivity index (χ4v) is 0.251. The van der Waals surface area contributed by atoms with Crippen molar-refractivity contribution < 1.29 is 4.48 Å². The minimum Gasteiger partial charge on any atom is -0.222 e. The van der Waals surface area contributed by atoms with Gasteiger partial charge in [0.15, 0.2) is 0 Å². The zero-order chi connectivity index (χ0) is 5.70. The molecule has 0 heterocycles. The number of hydrogen-bond donors (Lipinski definition) is 0. The molecule has 2 heteroatoms. The van der Waals surface area contributed by atoms with E-state index in [-0.39, 0.29) is 0 Å². The Kier molecular flexibility index (Phi) is 3.38. The molecule has 0 aromatic carbocycles. The van der Waals surface area contributed by atoms with E-state index in [9.17, 15) is 4.48 Å². The van der Waals surface area contributed by atoms with Crippen molar-refractivity contribution in [2.75, 3.05) is 7.05 Å². The maximum Gasteiger partial charge on any atom is 0.0387 e. The summed E-state index contributed by atoms with van der Waals surface area (Å²) in [4.78, 5) is 0. The van der Waals surface area contributed by atoms with Gasteiger partial charge in [-0.1, -0.05) is 13.0 Å². The Morgan fingerprint density at radius 3 is 2.43 bits per heavy atom. The van der Waals surface area contributed by atoms with Crippen LogP contribution in [0.4, 0.5) is 4.48 Å². The van der Waals surface area contributed by atoms with Crippen LogP contribution in [0.15, 0.2) is 12.3 Å². The molecule has 0 aromatic heterocycles. The number of rotatable bonds is 2. The highest BCUT2D eigenvalue weighted by Gasteiger charge is 1.74. The van der Waals surface area contributed by atoms with E-state index >= 15 is 0 Å². The molecule has 0 radical (unpaired) electrons. The van der Waals surface area contributed by atoms with Gasteiger partial charge in [0, 0.05) is 13.2 Å². The Morgan fingerprint density at radius 2 is 2.29 bits per heavy atom. The number of halogens is 1. The van der Waals surface area contributed by atoms with Crippen molar-refractivity contribution in [1.29, 1.82) is 0 Å². The lowest BCUT2D eigenvalue weighted by Gasteiger charge is -1.93. The van der Waals surface area contributed by atoms with Gasteiger partial charge in [-0.2, -0.15) is 0 Å². The normalized spacial score (nSPS) is 10.1. The highest BCUT2D eigenvalue weighted by atomic mass is 19.2. The first-order valence-corrected chi connectivity index (χ1v) is 2.32. The molecule has 0 atom stereocenters. The molecule has 0 aromatic rings. The standard InChI is InChI=1S/C5H10FN/c1-3-4-5-7(2)6/h4-5H,3H2,1-2H3. The molecular formula is C5H10FN. The van der Waals surface area contributed by atoms with Gasteiger partial charge < -0.3 is 0 Å². The minimum absolute atomic E-state index is 0.531. The van der Waals surface area contributed by atoms with Crippen molar-refractivity contribution >= 4 is 0 Å². The van der Waals surface area contributed by atoms with E-state index in [1.165, 1.54) is 13.2 Å². The molecule has 7 heavy (non-hydrogen) atoms. The number of allylic oxidation sites excluding steroid dienone is 1. The summed E-state index contributed by atoms with van der Waals surface area (Å²) >= 11 is 0. The molecule has 0 fully saturated rings. The van der Waals surface area contributed by atoms with Crippen molar-refractivity contribution in [3.8, 4) is 0 Å². The molecule has 0 amide bonds. The average molecular weight is 103 g/mol. The van der Waals surface area contributed by atoms with E-state index in [0.29, 0.717) is 5.12 Å². The number of nitrogens with zero attached hydrogens (tertiary/aromatic N) is 1. The van der Waals surface area contributed by atoms with Crippen molar-refractivity contribution in [1.82, 2.24) is 5.12 Å². The molecule has 0 aliphatic rings. The molecule has 0 unspecified atom stereocenters. The molecule has 42 valence electrons. The van der Waals surface area contributed by atoms with E-state index in [2.05, 4.69) is 0 Å². The van der Waals surface area contributed by atoms with Gasteiger partial charge in [0.1, 0.15) is 0 Å². The van der Waals surface area contributed by atoms with Crippen LogP contribution in [0.25, 0.3) is 0 Å². The van der Waals surface area contributed by atoms with Gasteiger partial charge in [-0.05, 0) is 6.42 Å². The van der Waals surface area contributed by atoms with Crippen LogP contribution in [0, 0.1) is 0 Å². The largest absolute Gasteiger partial charge is 0.222 e. The van der Waals surface area contributed by atoms with E-state index < -0.39 is 0 Å². The molecule has 0 aliphatic heterocycles. The third-order valence-electron chi connectivity index (χ3n) is 0.547. The second-order valence-corrected chi connectivity index (χ2v) is 1.32. The maximum atomic E-state index is 11.6. The SMILES string of the molecule is CCC=CN(C)F. The summed E-state index contributed by atoms with van der Waals surface area (Å²) in [5, 5.41) is 0.531. The third kappa shape index (κ3) is 5.47. The topological polar surface area (TPSA) is 3.24 Å². The van der Waals surface area contributed by atoms with Crippen LogP contribution in [0.2, 0.25) is 0 Å². The Hall–Kier alpha value is -0.530. The Balaban J connectivity index is 3.08. The first kappa shape index (κ1) is 6.47. The average Bonchev–Trinajstić information content (AvgIpc) is 1.61. The van der Waals surface area contributed by atoms with Crippen LogP contribution >= 0.6 is 0 Å². The molecule has 0 aliphatic carbocycles. The first-order chi connectivity index (χ1) is 3.27. The maximum absolute atomic E-state index is 11.6. The van der Waals surface area contributed by atoms with Gasteiger partial charge in [-0.3, -0.25) is 0 Å². The van der Waals surface area contributed by atoms with Crippen molar-refractivity contribution in [3.05, 3.63) is 12.3 Å². The summed E-state index contributed by atoms with van der Waals surface area (Å²) in [5.74, 6) is 0. The number of hydrogen-bond acceptors (Lipinski definition) is 1. The van der Waals surface area contributed by atoms with Gasteiger partial charge in [0.05, 0.1) is 0 Å². The van der Waals surface area contributed by atoms with Crippen molar-refractivity contribution in [2.24, 2.45) is 0 Å². The second kappa shape index (κ2) is 3.65. The lowest BCUT2D eigenvalue weighted by molar-refractivity contribution is 0.128. The zero-order valence-corrected chi connectivity index (χ0v) is 4.69. The fraction of sp³-hybridized carbons (Fsp3) is 0.600. The lowest BCUT2D eigenvalue weighted by atomic mass is 10.5. The smallest absolute Gasteiger partial charge is 0.0387 e. The van der Waals surface area contributed by atoms with Crippen LogP contribution in [0.5, 0.6) is 0 Å². The highest BCUT2D eigenvalue weighted by Crippen LogP contribution is 1.84. The van der Waals surface area contributed by atoms with Crippen molar-refractivity contribution in [2.45, 2.75) is 13.3 Å². The molecule has 0 spiro atoms. The predicted molar refractivity (Wildman–Crippen MR) is 28.3 cm³/mol. The second-order valence-electron chi connectivity index (χ2n) is 1.32. The third-order valence-corrected chi connectivity index (χ3v) is 0.547. The molecule has 0 saturated heterocycles. The van der Waals surface area contributed by atoms with E-state index in [1.807, 2.05) is 6.92 Å². The van der Waals surface area contributed by atoms with Crippen LogP contribution in [0.3, 0.4) is 0 Å². The molecule has 0 bridgehead atoms. The van der Waals surface area contributed by atoms with E-state index in [1.54, 1.807) is 6.08 Å². The summed E-state index contributed by atoms with van der Waals surface area (Å²) < 4.78 is 11.6. The molecule has 0 rings (SSSR count).